The largest absolute Gasteiger partial charge is 0.462 e. The fraction of sp³-hybridized carbons (Fsp3) is 0.444. The molecule has 2 N–H and O–H groups in total. The zero-order valence-corrected chi connectivity index (χ0v) is 14.8. The Balaban J connectivity index is 1.79. The van der Waals surface area contributed by atoms with E-state index in [-0.39, 0.29) is 48.0 Å². The lowest BCUT2D eigenvalue weighted by Crippen LogP contribution is -2.19. The highest BCUT2D eigenvalue weighted by Crippen LogP contribution is 2.29. The van der Waals surface area contributed by atoms with Crippen LogP contribution in [0, 0.1) is 12.8 Å². The number of anilines is 1. The molecular weight excluding hydrogens is 338 g/mol. The van der Waals surface area contributed by atoms with Crippen LogP contribution in [0.3, 0.4) is 0 Å². The maximum atomic E-state index is 12.1. The first kappa shape index (κ1) is 17.9. The fourth-order valence-corrected chi connectivity index (χ4v) is 2.96. The molecule has 138 valence electrons. The number of nitrogen functional groups attached to an aromatic ring is 1. The Morgan fingerprint density at radius 1 is 1.31 bits per heavy atom. The summed E-state index contributed by atoms with van der Waals surface area (Å²) in [4.78, 5) is 32.6. The number of ether oxygens (including phenoxy) is 2. The first-order valence-corrected chi connectivity index (χ1v) is 8.55. The predicted molar refractivity (Wildman–Crippen MR) is 93.2 cm³/mol. The number of carbonyl (C=O) groups excluding carboxylic acids is 2. The van der Waals surface area contributed by atoms with Gasteiger partial charge in [0.05, 0.1) is 17.9 Å². The van der Waals surface area contributed by atoms with Gasteiger partial charge in [-0.05, 0) is 33.1 Å². The van der Waals surface area contributed by atoms with Crippen molar-refractivity contribution in [1.82, 2.24) is 9.97 Å². The average Bonchev–Trinajstić information content (AvgIpc) is 2.97. The minimum Gasteiger partial charge on any atom is -0.462 e. The van der Waals surface area contributed by atoms with E-state index in [1.807, 2.05) is 6.08 Å². The molecule has 1 atom stereocenters. The number of allylic oxidation sites excluding steroid dienone is 2. The third kappa shape index (κ3) is 3.54. The molecular formula is C18H21N3O5. The Morgan fingerprint density at radius 2 is 2.12 bits per heavy atom. The van der Waals surface area contributed by atoms with Crippen molar-refractivity contribution in [1.29, 1.82) is 0 Å². The summed E-state index contributed by atoms with van der Waals surface area (Å²) in [5.74, 6) is -0.298. The molecule has 0 amide bonds. The van der Waals surface area contributed by atoms with E-state index in [4.69, 9.17) is 19.6 Å². The maximum Gasteiger partial charge on any atom is 0.342 e. The highest BCUT2D eigenvalue weighted by atomic mass is 16.5. The first-order valence-electron chi connectivity index (χ1n) is 8.55. The van der Waals surface area contributed by atoms with E-state index >= 15 is 0 Å². The summed E-state index contributed by atoms with van der Waals surface area (Å²) in [6.07, 6.45) is 6.37. The number of aromatic nitrogens is 2. The van der Waals surface area contributed by atoms with Crippen LogP contribution in [0.1, 0.15) is 48.1 Å². The van der Waals surface area contributed by atoms with Crippen molar-refractivity contribution in [2.45, 2.75) is 39.7 Å². The molecule has 0 bridgehead atoms. The van der Waals surface area contributed by atoms with Gasteiger partial charge < -0.3 is 19.6 Å². The maximum absolute atomic E-state index is 12.1. The van der Waals surface area contributed by atoms with Crippen LogP contribution in [0.25, 0.3) is 11.1 Å². The van der Waals surface area contributed by atoms with Crippen LogP contribution < -0.4 is 5.73 Å². The lowest BCUT2D eigenvalue weighted by Gasteiger charge is -2.16. The van der Waals surface area contributed by atoms with Crippen LogP contribution >= 0.6 is 0 Å². The SMILES string of the molecule is CCOC(=O)c1c(C)oc2nc(COC(=O)[C@@H]3CC=CCC3)nc(N)c12. The zero-order chi connectivity index (χ0) is 18.7. The number of rotatable bonds is 5. The average molecular weight is 359 g/mol. The van der Waals surface area contributed by atoms with E-state index in [1.165, 1.54) is 0 Å². The van der Waals surface area contributed by atoms with Crippen molar-refractivity contribution >= 4 is 28.9 Å². The number of furan rings is 1. The van der Waals surface area contributed by atoms with Gasteiger partial charge in [0.2, 0.25) is 5.71 Å². The molecule has 1 aliphatic carbocycles. The van der Waals surface area contributed by atoms with Crippen LogP contribution in [0.5, 0.6) is 0 Å². The second-order valence-corrected chi connectivity index (χ2v) is 6.05. The molecule has 1 aliphatic rings. The number of nitrogens with zero attached hydrogens (tertiary/aromatic N) is 2. The normalized spacial score (nSPS) is 16.6. The topological polar surface area (TPSA) is 118 Å². The molecule has 8 nitrogen and oxygen atoms in total. The number of nitrogens with two attached hydrogens (primary N) is 1. The Morgan fingerprint density at radius 3 is 2.81 bits per heavy atom. The summed E-state index contributed by atoms with van der Waals surface area (Å²) in [6.45, 7) is 3.47. The monoisotopic (exact) mass is 359 g/mol. The molecule has 0 spiro atoms. The smallest absolute Gasteiger partial charge is 0.342 e. The van der Waals surface area contributed by atoms with Crippen molar-refractivity contribution in [2.75, 3.05) is 12.3 Å². The molecule has 26 heavy (non-hydrogen) atoms. The summed E-state index contributed by atoms with van der Waals surface area (Å²) < 4.78 is 15.9. The van der Waals surface area contributed by atoms with E-state index in [0.29, 0.717) is 17.6 Å². The van der Waals surface area contributed by atoms with E-state index < -0.39 is 5.97 Å². The third-order valence-corrected chi connectivity index (χ3v) is 4.23. The zero-order valence-electron chi connectivity index (χ0n) is 14.8. The molecule has 3 rings (SSSR count). The second-order valence-electron chi connectivity index (χ2n) is 6.05. The van der Waals surface area contributed by atoms with Gasteiger partial charge in [-0.1, -0.05) is 12.2 Å². The van der Waals surface area contributed by atoms with E-state index in [2.05, 4.69) is 16.0 Å². The minimum absolute atomic E-state index is 0.0848. The van der Waals surface area contributed by atoms with Crippen LogP contribution in [0.2, 0.25) is 0 Å². The molecule has 2 aromatic rings. The summed E-state index contributed by atoms with van der Waals surface area (Å²) in [5, 5.41) is 0.313. The summed E-state index contributed by atoms with van der Waals surface area (Å²) in [5.41, 5.74) is 6.38. The molecule has 0 saturated carbocycles. The lowest BCUT2D eigenvalue weighted by atomic mass is 9.95. The minimum atomic E-state index is -0.538. The number of hydrogen-bond acceptors (Lipinski definition) is 8. The van der Waals surface area contributed by atoms with Gasteiger partial charge in [-0.15, -0.1) is 0 Å². The van der Waals surface area contributed by atoms with E-state index in [1.54, 1.807) is 13.8 Å². The van der Waals surface area contributed by atoms with Crippen LogP contribution in [0.4, 0.5) is 5.82 Å². The number of fused-ring (bicyclic) bond motifs is 1. The highest BCUT2D eigenvalue weighted by Gasteiger charge is 2.25. The number of carbonyl (C=O) groups is 2. The van der Waals surface area contributed by atoms with Crippen molar-refractivity contribution in [3.63, 3.8) is 0 Å². The van der Waals surface area contributed by atoms with Gasteiger partial charge in [-0.3, -0.25) is 4.79 Å². The summed E-state index contributed by atoms with van der Waals surface area (Å²) in [7, 11) is 0. The van der Waals surface area contributed by atoms with Gasteiger partial charge in [0.1, 0.15) is 17.1 Å². The van der Waals surface area contributed by atoms with Gasteiger partial charge in [0.15, 0.2) is 12.4 Å². The first-order chi connectivity index (χ1) is 12.5. The summed E-state index contributed by atoms with van der Waals surface area (Å²) >= 11 is 0. The fourth-order valence-electron chi connectivity index (χ4n) is 2.96. The number of esters is 2. The Kier molecular flexibility index (Phi) is 5.20. The van der Waals surface area contributed by atoms with Gasteiger partial charge in [-0.25, -0.2) is 9.78 Å². The van der Waals surface area contributed by atoms with Crippen molar-refractivity contribution < 1.29 is 23.5 Å². The Labute approximate surface area is 150 Å². The molecule has 0 unspecified atom stereocenters. The van der Waals surface area contributed by atoms with Gasteiger partial charge in [-0.2, -0.15) is 4.98 Å². The molecule has 0 fully saturated rings. The highest BCUT2D eigenvalue weighted by molar-refractivity contribution is 6.07. The van der Waals surface area contributed by atoms with Crippen molar-refractivity contribution in [3.05, 3.63) is 29.3 Å². The standard InChI is InChI=1S/C18H21N3O5/c1-3-24-18(23)13-10(2)26-16-14(13)15(19)20-12(21-16)9-25-17(22)11-7-5-4-6-8-11/h4-5,11H,3,6-9H2,1-2H3,(H2,19,20,21)/t11-/m1/s1. The van der Waals surface area contributed by atoms with Gasteiger partial charge >= 0.3 is 11.9 Å². The van der Waals surface area contributed by atoms with Crippen LogP contribution in [-0.4, -0.2) is 28.5 Å². The second kappa shape index (κ2) is 7.55. The van der Waals surface area contributed by atoms with Gasteiger partial charge in [0, 0.05) is 0 Å². The Hall–Kier alpha value is -2.90. The third-order valence-electron chi connectivity index (χ3n) is 4.23. The molecule has 8 heteroatoms. The quantitative estimate of drug-likeness (QED) is 0.639. The number of aryl methyl sites for hydroxylation is 1. The Bertz CT molecular complexity index is 871. The van der Waals surface area contributed by atoms with E-state index in [9.17, 15) is 9.59 Å². The van der Waals surface area contributed by atoms with Crippen LogP contribution in [0.15, 0.2) is 16.6 Å². The molecule has 0 radical (unpaired) electrons. The molecule has 0 saturated heterocycles. The van der Waals surface area contributed by atoms with Crippen molar-refractivity contribution in [2.24, 2.45) is 5.92 Å². The molecule has 2 heterocycles. The predicted octanol–water partition coefficient (Wildman–Crippen LogP) is 2.69. The number of hydrogen-bond donors (Lipinski definition) is 1. The van der Waals surface area contributed by atoms with Gasteiger partial charge in [0.25, 0.3) is 0 Å². The molecule has 0 aliphatic heterocycles. The molecule has 0 aromatic carbocycles. The lowest BCUT2D eigenvalue weighted by molar-refractivity contribution is -0.150. The van der Waals surface area contributed by atoms with Crippen molar-refractivity contribution in [3.8, 4) is 0 Å². The molecule has 2 aromatic heterocycles. The van der Waals surface area contributed by atoms with Crippen LogP contribution in [-0.2, 0) is 20.9 Å². The van der Waals surface area contributed by atoms with E-state index in [0.717, 1.165) is 12.8 Å². The summed E-state index contributed by atoms with van der Waals surface area (Å²) in [6, 6.07) is 0.